The molecular formula is C19H23N5O. The summed E-state index contributed by atoms with van der Waals surface area (Å²) in [7, 11) is 0. The molecule has 3 aromatic rings. The number of benzene rings is 1. The Morgan fingerprint density at radius 1 is 1.08 bits per heavy atom. The molecule has 6 nitrogen and oxygen atoms in total. The van der Waals surface area contributed by atoms with E-state index >= 15 is 0 Å². The molecule has 0 bridgehead atoms. The highest BCUT2D eigenvalue weighted by Gasteiger charge is 2.18. The van der Waals surface area contributed by atoms with Crippen LogP contribution in [-0.2, 0) is 11.2 Å². The van der Waals surface area contributed by atoms with E-state index in [1.54, 1.807) is 0 Å². The summed E-state index contributed by atoms with van der Waals surface area (Å²) < 4.78 is 7.38. The third-order valence-corrected chi connectivity index (χ3v) is 4.60. The van der Waals surface area contributed by atoms with Crippen LogP contribution in [0.25, 0.3) is 17.0 Å². The number of morpholine rings is 1. The third kappa shape index (κ3) is 3.09. The highest BCUT2D eigenvalue weighted by atomic mass is 16.5. The van der Waals surface area contributed by atoms with E-state index in [1.165, 1.54) is 11.1 Å². The summed E-state index contributed by atoms with van der Waals surface area (Å²) >= 11 is 0. The van der Waals surface area contributed by atoms with Gasteiger partial charge in [0.1, 0.15) is 5.82 Å². The van der Waals surface area contributed by atoms with E-state index in [2.05, 4.69) is 59.3 Å². The molecule has 0 amide bonds. The van der Waals surface area contributed by atoms with Crippen molar-refractivity contribution in [1.82, 2.24) is 19.8 Å². The zero-order chi connectivity index (χ0) is 17.2. The molecule has 0 saturated carbocycles. The van der Waals surface area contributed by atoms with Gasteiger partial charge in [0.25, 0.3) is 0 Å². The van der Waals surface area contributed by atoms with Crippen LogP contribution in [0.4, 0.5) is 5.82 Å². The van der Waals surface area contributed by atoms with Crippen molar-refractivity contribution in [3.63, 3.8) is 0 Å². The average Bonchev–Trinajstić information content (AvgIpc) is 3.08. The van der Waals surface area contributed by atoms with E-state index in [-0.39, 0.29) is 0 Å². The Kier molecular flexibility index (Phi) is 4.36. The molecule has 0 aliphatic carbocycles. The molecule has 4 rings (SSSR count). The van der Waals surface area contributed by atoms with Gasteiger partial charge in [-0.1, -0.05) is 43.2 Å². The minimum atomic E-state index is 0.746. The Labute approximate surface area is 147 Å². The van der Waals surface area contributed by atoms with Crippen molar-refractivity contribution in [2.75, 3.05) is 31.2 Å². The lowest BCUT2D eigenvalue weighted by atomic mass is 10.1. The Bertz CT molecular complexity index is 865. The van der Waals surface area contributed by atoms with E-state index in [4.69, 9.17) is 9.84 Å². The lowest BCUT2D eigenvalue weighted by molar-refractivity contribution is 0.122. The smallest absolute Gasteiger partial charge is 0.185 e. The lowest BCUT2D eigenvalue weighted by Crippen LogP contribution is -2.37. The third-order valence-electron chi connectivity index (χ3n) is 4.60. The highest BCUT2D eigenvalue weighted by molar-refractivity contribution is 5.62. The monoisotopic (exact) mass is 337 g/mol. The summed E-state index contributed by atoms with van der Waals surface area (Å²) in [5, 5.41) is 13.7. The van der Waals surface area contributed by atoms with Crippen LogP contribution < -0.4 is 4.90 Å². The first-order valence-corrected chi connectivity index (χ1v) is 8.91. The maximum Gasteiger partial charge on any atom is 0.185 e. The van der Waals surface area contributed by atoms with Gasteiger partial charge in [-0.05, 0) is 19.4 Å². The summed E-state index contributed by atoms with van der Waals surface area (Å²) in [5.74, 6) is 1.77. The van der Waals surface area contributed by atoms with Gasteiger partial charge < -0.3 is 9.64 Å². The van der Waals surface area contributed by atoms with Crippen LogP contribution in [0.5, 0.6) is 0 Å². The SMILES string of the molecule is CCCc1cc(N2CCOCC2)nn2c(-c3ccc(C)cc3)nnc12. The predicted molar refractivity (Wildman–Crippen MR) is 98.0 cm³/mol. The van der Waals surface area contributed by atoms with Gasteiger partial charge in [0.15, 0.2) is 11.5 Å². The zero-order valence-electron chi connectivity index (χ0n) is 14.8. The van der Waals surface area contributed by atoms with E-state index in [1.807, 2.05) is 4.52 Å². The Balaban J connectivity index is 1.84. The Hall–Kier alpha value is -2.47. The fraction of sp³-hybridized carbons (Fsp3) is 0.421. The standard InChI is InChI=1S/C19H23N5O/c1-3-4-16-13-17(23-9-11-25-12-10-23)22-24-18(20-21-19(16)24)15-7-5-14(2)6-8-15/h5-8,13H,3-4,9-12H2,1-2H3. The van der Waals surface area contributed by atoms with Crippen LogP contribution >= 0.6 is 0 Å². The van der Waals surface area contributed by atoms with Gasteiger partial charge in [0.05, 0.1) is 13.2 Å². The van der Waals surface area contributed by atoms with Gasteiger partial charge in [0, 0.05) is 24.2 Å². The number of aryl methyl sites for hydroxylation is 2. The van der Waals surface area contributed by atoms with Crippen molar-refractivity contribution in [2.24, 2.45) is 0 Å². The second kappa shape index (κ2) is 6.80. The van der Waals surface area contributed by atoms with Crippen LogP contribution in [0, 0.1) is 6.92 Å². The lowest BCUT2D eigenvalue weighted by Gasteiger charge is -2.28. The second-order valence-corrected chi connectivity index (χ2v) is 6.50. The molecule has 0 N–H and O–H groups in total. The Morgan fingerprint density at radius 3 is 2.56 bits per heavy atom. The van der Waals surface area contributed by atoms with E-state index < -0.39 is 0 Å². The van der Waals surface area contributed by atoms with E-state index in [9.17, 15) is 0 Å². The number of nitrogens with zero attached hydrogens (tertiary/aromatic N) is 5. The van der Waals surface area contributed by atoms with Crippen molar-refractivity contribution < 1.29 is 4.74 Å². The zero-order valence-corrected chi connectivity index (χ0v) is 14.8. The van der Waals surface area contributed by atoms with Gasteiger partial charge in [0.2, 0.25) is 0 Å². The maximum atomic E-state index is 5.47. The van der Waals surface area contributed by atoms with Crippen LogP contribution in [0.15, 0.2) is 30.3 Å². The molecule has 0 atom stereocenters. The molecule has 1 aromatic carbocycles. The maximum absolute atomic E-state index is 5.47. The van der Waals surface area contributed by atoms with Crippen LogP contribution in [0.1, 0.15) is 24.5 Å². The highest BCUT2D eigenvalue weighted by Crippen LogP contribution is 2.24. The first-order chi connectivity index (χ1) is 12.3. The Morgan fingerprint density at radius 2 is 1.84 bits per heavy atom. The number of fused-ring (bicyclic) bond motifs is 1. The number of aromatic nitrogens is 4. The van der Waals surface area contributed by atoms with Crippen molar-refractivity contribution in [3.8, 4) is 11.4 Å². The number of hydrogen-bond acceptors (Lipinski definition) is 5. The first kappa shape index (κ1) is 16.0. The van der Waals surface area contributed by atoms with Gasteiger partial charge in [-0.15, -0.1) is 15.3 Å². The van der Waals surface area contributed by atoms with Crippen molar-refractivity contribution in [2.45, 2.75) is 26.7 Å². The molecule has 25 heavy (non-hydrogen) atoms. The molecular weight excluding hydrogens is 314 g/mol. The number of ether oxygens (including phenoxy) is 1. The second-order valence-electron chi connectivity index (χ2n) is 6.50. The number of hydrogen-bond donors (Lipinski definition) is 0. The molecule has 6 heteroatoms. The minimum Gasteiger partial charge on any atom is -0.378 e. The van der Waals surface area contributed by atoms with Crippen molar-refractivity contribution in [1.29, 1.82) is 0 Å². The normalized spacial score (nSPS) is 15.0. The van der Waals surface area contributed by atoms with Crippen molar-refractivity contribution in [3.05, 3.63) is 41.5 Å². The van der Waals surface area contributed by atoms with Gasteiger partial charge >= 0.3 is 0 Å². The van der Waals surface area contributed by atoms with Gasteiger partial charge in [-0.25, -0.2) is 0 Å². The molecule has 130 valence electrons. The van der Waals surface area contributed by atoms with Crippen molar-refractivity contribution >= 4 is 11.5 Å². The van der Waals surface area contributed by atoms with E-state index in [0.717, 1.165) is 62.0 Å². The van der Waals surface area contributed by atoms with Crippen LogP contribution in [0.3, 0.4) is 0 Å². The molecule has 0 unspecified atom stereocenters. The summed E-state index contributed by atoms with van der Waals surface area (Å²) in [5.41, 5.74) is 4.32. The van der Waals surface area contributed by atoms with Gasteiger partial charge in [-0.2, -0.15) is 4.52 Å². The fourth-order valence-electron chi connectivity index (χ4n) is 3.21. The van der Waals surface area contributed by atoms with Gasteiger partial charge in [-0.3, -0.25) is 0 Å². The molecule has 0 radical (unpaired) electrons. The molecule has 0 spiro atoms. The molecule has 3 heterocycles. The molecule has 1 saturated heterocycles. The first-order valence-electron chi connectivity index (χ1n) is 8.91. The summed E-state index contributed by atoms with van der Waals surface area (Å²) in [6, 6.07) is 10.5. The van der Waals surface area contributed by atoms with Crippen LogP contribution in [-0.4, -0.2) is 46.1 Å². The fourth-order valence-corrected chi connectivity index (χ4v) is 3.21. The number of anilines is 1. The number of rotatable bonds is 4. The average molecular weight is 337 g/mol. The molecule has 1 aliphatic heterocycles. The van der Waals surface area contributed by atoms with Crippen LogP contribution in [0.2, 0.25) is 0 Å². The quantitative estimate of drug-likeness (QED) is 0.733. The predicted octanol–water partition coefficient (Wildman–Crippen LogP) is 2.89. The molecule has 1 fully saturated rings. The van der Waals surface area contributed by atoms with E-state index in [0.29, 0.717) is 0 Å². The summed E-state index contributed by atoms with van der Waals surface area (Å²) in [4.78, 5) is 2.28. The topological polar surface area (TPSA) is 55.5 Å². The molecule has 1 aliphatic rings. The molecule has 2 aromatic heterocycles. The largest absolute Gasteiger partial charge is 0.378 e. The summed E-state index contributed by atoms with van der Waals surface area (Å²) in [6.45, 7) is 7.49. The summed E-state index contributed by atoms with van der Waals surface area (Å²) in [6.07, 6.45) is 2.03. The minimum absolute atomic E-state index is 0.746.